The summed E-state index contributed by atoms with van der Waals surface area (Å²) in [6.45, 7) is 0. The number of phenolic OH excluding ortho intramolecular Hbond substituents is 5. The number of hydrogen-bond acceptors (Lipinski definition) is 6. The minimum atomic E-state index is -1.02. The first kappa shape index (κ1) is 31.1. The highest BCUT2D eigenvalue weighted by atomic mass is 16.4. The third kappa shape index (κ3) is 3.92. The molecule has 0 saturated carbocycles. The van der Waals surface area contributed by atoms with Gasteiger partial charge in [0.1, 0.15) is 5.69 Å². The van der Waals surface area contributed by atoms with Crippen molar-refractivity contribution in [3.05, 3.63) is 180 Å². The highest BCUT2D eigenvalue weighted by molar-refractivity contribution is 6.26. The van der Waals surface area contributed by atoms with Crippen LogP contribution in [0.5, 0.6) is 28.7 Å². The maximum atomic E-state index is 11.5. The molecule has 2 aliphatic rings. The van der Waals surface area contributed by atoms with E-state index in [2.05, 4.69) is 97.1 Å². The molecule has 0 saturated heterocycles. The zero-order chi connectivity index (χ0) is 37.2. The van der Waals surface area contributed by atoms with E-state index in [1.807, 2.05) is 60.7 Å². The number of benzene rings is 9. The van der Waals surface area contributed by atoms with Crippen LogP contribution < -0.4 is 4.90 Å². The third-order valence-electron chi connectivity index (χ3n) is 11.8. The molecular weight excluding hydrogens is 683 g/mol. The summed E-state index contributed by atoms with van der Waals surface area (Å²) in [5.74, 6) is -4.48. The zero-order valence-corrected chi connectivity index (χ0v) is 29.2. The molecule has 1 spiro atoms. The molecule has 6 nitrogen and oxygen atoms in total. The van der Waals surface area contributed by atoms with Crippen LogP contribution in [0.4, 0.5) is 17.1 Å². The molecule has 9 aromatic rings. The molecule has 11 rings (SSSR count). The SMILES string of the molecule is Oc1c(O)c(O)c(N(c2ccc3c(c2)-c2ccccc2C32c3ccccc3-c3ccccc32)c2ccc3c4ccccc4c4ccccc4c3c2)c(O)c1O. The lowest BCUT2D eigenvalue weighted by molar-refractivity contribution is 0.329. The molecule has 6 heteroatoms. The van der Waals surface area contributed by atoms with Crippen LogP contribution in [-0.2, 0) is 5.41 Å². The van der Waals surface area contributed by atoms with Crippen LogP contribution in [0, 0.1) is 0 Å². The Labute approximate surface area is 315 Å². The molecule has 0 heterocycles. The predicted molar refractivity (Wildman–Crippen MR) is 218 cm³/mol. The Morgan fingerprint density at radius 1 is 0.309 bits per heavy atom. The summed E-state index contributed by atoms with van der Waals surface area (Å²) >= 11 is 0. The molecule has 0 atom stereocenters. The Hall–Kier alpha value is -7.44. The Bertz CT molecular complexity index is 3020. The molecule has 262 valence electrons. The Balaban J connectivity index is 1.22. The average molecular weight is 714 g/mol. The number of aromatic hydroxyl groups is 5. The van der Waals surface area contributed by atoms with Crippen LogP contribution in [0.15, 0.2) is 158 Å². The molecule has 0 bridgehead atoms. The second kappa shape index (κ2) is 11.0. The van der Waals surface area contributed by atoms with Crippen molar-refractivity contribution in [2.45, 2.75) is 5.41 Å². The van der Waals surface area contributed by atoms with Crippen LogP contribution >= 0.6 is 0 Å². The molecule has 55 heavy (non-hydrogen) atoms. The smallest absolute Gasteiger partial charge is 0.208 e. The van der Waals surface area contributed by atoms with Gasteiger partial charge in [0.25, 0.3) is 0 Å². The molecule has 0 aliphatic heterocycles. The quantitative estimate of drug-likeness (QED) is 0.0709. The maximum absolute atomic E-state index is 11.5. The molecule has 0 aromatic heterocycles. The fraction of sp³-hybridized carbons (Fsp3) is 0.0204. The van der Waals surface area contributed by atoms with Gasteiger partial charge in [-0.05, 0) is 101 Å². The van der Waals surface area contributed by atoms with Gasteiger partial charge < -0.3 is 30.4 Å². The molecule has 0 amide bonds. The van der Waals surface area contributed by atoms with Crippen molar-refractivity contribution in [2.75, 3.05) is 4.90 Å². The van der Waals surface area contributed by atoms with Gasteiger partial charge in [0, 0.05) is 11.4 Å². The fourth-order valence-electron chi connectivity index (χ4n) is 9.55. The van der Waals surface area contributed by atoms with E-state index in [-0.39, 0.29) is 5.69 Å². The summed E-state index contributed by atoms with van der Waals surface area (Å²) in [5.41, 5.74) is 9.26. The first-order valence-electron chi connectivity index (χ1n) is 18.2. The van der Waals surface area contributed by atoms with E-state index in [4.69, 9.17) is 0 Å². The standard InChI is InChI=1S/C49H31NO5/c51-44-43(45(52)47(54)48(55)46(44)53)50(27-21-23-33-31-13-2-1-11-29(31)30-12-3-4-14-32(30)37(33)25-27)28-22-24-42-38(26-28)36-17-7-10-20-41(36)49(42)39-18-8-5-15-34(39)35-16-6-9-19-40(35)49/h1-26,51-55H. The lowest BCUT2D eigenvalue weighted by Gasteiger charge is -2.31. The van der Waals surface area contributed by atoms with E-state index in [1.165, 1.54) is 22.3 Å². The number of anilines is 3. The Morgan fingerprint density at radius 2 is 0.673 bits per heavy atom. The molecular formula is C49H31NO5. The van der Waals surface area contributed by atoms with E-state index >= 15 is 0 Å². The van der Waals surface area contributed by atoms with Crippen LogP contribution in [0.3, 0.4) is 0 Å². The summed E-state index contributed by atoms with van der Waals surface area (Å²) in [6, 6.07) is 54.0. The number of rotatable bonds is 3. The van der Waals surface area contributed by atoms with Crippen molar-refractivity contribution in [3.63, 3.8) is 0 Å². The third-order valence-corrected chi connectivity index (χ3v) is 11.8. The molecule has 0 fully saturated rings. The van der Waals surface area contributed by atoms with E-state index in [9.17, 15) is 25.5 Å². The largest absolute Gasteiger partial charge is 0.503 e. The van der Waals surface area contributed by atoms with Crippen LogP contribution in [-0.4, -0.2) is 25.5 Å². The predicted octanol–water partition coefficient (Wildman–Crippen LogP) is 11.5. The van der Waals surface area contributed by atoms with E-state index in [0.717, 1.165) is 54.6 Å². The van der Waals surface area contributed by atoms with Gasteiger partial charge in [0.05, 0.1) is 5.41 Å². The summed E-state index contributed by atoms with van der Waals surface area (Å²) in [6.07, 6.45) is 0. The number of phenols is 5. The van der Waals surface area contributed by atoms with Crippen molar-refractivity contribution in [1.29, 1.82) is 0 Å². The minimum absolute atomic E-state index is 0.283. The Morgan fingerprint density at radius 3 is 1.20 bits per heavy atom. The lowest BCUT2D eigenvalue weighted by Crippen LogP contribution is -2.25. The van der Waals surface area contributed by atoms with Crippen molar-refractivity contribution in [2.24, 2.45) is 0 Å². The molecule has 0 radical (unpaired) electrons. The first-order valence-corrected chi connectivity index (χ1v) is 18.2. The second-order valence-corrected chi connectivity index (χ2v) is 14.4. The molecule has 0 unspecified atom stereocenters. The first-order chi connectivity index (χ1) is 26.9. The fourth-order valence-corrected chi connectivity index (χ4v) is 9.55. The zero-order valence-electron chi connectivity index (χ0n) is 29.2. The van der Waals surface area contributed by atoms with Crippen LogP contribution in [0.1, 0.15) is 22.3 Å². The molecule has 5 N–H and O–H groups in total. The summed E-state index contributed by atoms with van der Waals surface area (Å²) < 4.78 is 0. The maximum Gasteiger partial charge on any atom is 0.208 e. The topological polar surface area (TPSA) is 104 Å². The average Bonchev–Trinajstić information content (AvgIpc) is 3.71. The van der Waals surface area contributed by atoms with Gasteiger partial charge in [-0.15, -0.1) is 0 Å². The van der Waals surface area contributed by atoms with E-state index in [0.29, 0.717) is 11.4 Å². The van der Waals surface area contributed by atoms with E-state index in [1.54, 1.807) is 4.90 Å². The van der Waals surface area contributed by atoms with Crippen molar-refractivity contribution >= 4 is 49.4 Å². The van der Waals surface area contributed by atoms with Gasteiger partial charge in [-0.25, -0.2) is 0 Å². The van der Waals surface area contributed by atoms with Crippen molar-refractivity contribution in [3.8, 4) is 51.0 Å². The summed E-state index contributed by atoms with van der Waals surface area (Å²) in [7, 11) is 0. The second-order valence-electron chi connectivity index (χ2n) is 14.4. The number of fused-ring (bicyclic) bond motifs is 16. The van der Waals surface area contributed by atoms with Gasteiger partial charge >= 0.3 is 0 Å². The number of nitrogens with zero attached hydrogens (tertiary/aromatic N) is 1. The normalized spacial score (nSPS) is 13.2. The molecule has 9 aromatic carbocycles. The monoisotopic (exact) mass is 713 g/mol. The lowest BCUT2D eigenvalue weighted by atomic mass is 9.70. The van der Waals surface area contributed by atoms with Crippen LogP contribution in [0.2, 0.25) is 0 Å². The highest BCUT2D eigenvalue weighted by Gasteiger charge is 2.51. The molecule has 2 aliphatic carbocycles. The van der Waals surface area contributed by atoms with Gasteiger partial charge in [-0.1, -0.05) is 133 Å². The Kier molecular flexibility index (Phi) is 6.25. The van der Waals surface area contributed by atoms with Gasteiger partial charge in [0.15, 0.2) is 11.5 Å². The van der Waals surface area contributed by atoms with Gasteiger partial charge in [-0.3, -0.25) is 0 Å². The van der Waals surface area contributed by atoms with Gasteiger partial charge in [-0.2, -0.15) is 0 Å². The van der Waals surface area contributed by atoms with E-state index < -0.39 is 34.2 Å². The summed E-state index contributed by atoms with van der Waals surface area (Å²) in [4.78, 5) is 1.62. The van der Waals surface area contributed by atoms with Crippen molar-refractivity contribution < 1.29 is 25.5 Å². The van der Waals surface area contributed by atoms with Gasteiger partial charge in [0.2, 0.25) is 17.2 Å². The van der Waals surface area contributed by atoms with Crippen LogP contribution in [0.25, 0.3) is 54.6 Å². The highest BCUT2D eigenvalue weighted by Crippen LogP contribution is 2.64. The van der Waals surface area contributed by atoms with Crippen molar-refractivity contribution in [1.82, 2.24) is 0 Å². The minimum Gasteiger partial charge on any atom is -0.503 e. The summed E-state index contributed by atoms with van der Waals surface area (Å²) in [5, 5.41) is 61.5. The number of hydrogen-bond donors (Lipinski definition) is 5.